The van der Waals surface area contributed by atoms with Gasteiger partial charge in [-0.1, -0.05) is 6.58 Å². The molecule has 0 bridgehead atoms. The lowest BCUT2D eigenvalue weighted by molar-refractivity contribution is -0.116. The highest BCUT2D eigenvalue weighted by Gasteiger charge is 2.09. The SMILES string of the molecule is C=CC(=O)NCCCN1CCCC1. The first kappa shape index (κ1) is 10.3. The maximum Gasteiger partial charge on any atom is 0.243 e. The van der Waals surface area contributed by atoms with E-state index >= 15 is 0 Å². The van der Waals surface area contributed by atoms with Gasteiger partial charge in [0, 0.05) is 6.54 Å². The topological polar surface area (TPSA) is 32.3 Å². The molecule has 0 aromatic rings. The van der Waals surface area contributed by atoms with Gasteiger partial charge >= 0.3 is 0 Å². The summed E-state index contributed by atoms with van der Waals surface area (Å²) in [7, 11) is 0. The Hall–Kier alpha value is -0.830. The molecule has 1 heterocycles. The first-order valence-electron chi connectivity index (χ1n) is 4.95. The number of likely N-dealkylation sites (tertiary alicyclic amines) is 1. The highest BCUT2D eigenvalue weighted by atomic mass is 16.1. The van der Waals surface area contributed by atoms with Gasteiger partial charge in [-0.2, -0.15) is 0 Å². The number of carbonyl (C=O) groups excluding carboxylic acids is 1. The summed E-state index contributed by atoms with van der Waals surface area (Å²) in [5.74, 6) is -0.0681. The standard InChI is InChI=1S/C10H18N2O/c1-2-10(13)11-6-5-9-12-7-3-4-8-12/h2H,1,3-9H2,(H,11,13). The molecule has 3 nitrogen and oxygen atoms in total. The third kappa shape index (κ3) is 4.08. The summed E-state index contributed by atoms with van der Waals surface area (Å²) in [4.78, 5) is 13.2. The zero-order valence-corrected chi connectivity index (χ0v) is 8.09. The van der Waals surface area contributed by atoms with Crippen molar-refractivity contribution in [3.63, 3.8) is 0 Å². The predicted octanol–water partition coefficient (Wildman–Crippen LogP) is 0.774. The molecule has 1 amide bonds. The zero-order chi connectivity index (χ0) is 9.52. The van der Waals surface area contributed by atoms with E-state index < -0.39 is 0 Å². The molecule has 3 heteroatoms. The molecule has 1 rings (SSSR count). The predicted molar refractivity (Wildman–Crippen MR) is 53.5 cm³/mol. The Bertz CT molecular complexity index is 174. The fourth-order valence-electron chi connectivity index (χ4n) is 1.59. The summed E-state index contributed by atoms with van der Waals surface area (Å²) in [5.41, 5.74) is 0. The largest absolute Gasteiger partial charge is 0.353 e. The first-order valence-corrected chi connectivity index (χ1v) is 4.95. The van der Waals surface area contributed by atoms with Crippen LogP contribution in [-0.2, 0) is 4.79 Å². The minimum absolute atomic E-state index is 0.0681. The van der Waals surface area contributed by atoms with E-state index in [2.05, 4.69) is 16.8 Å². The van der Waals surface area contributed by atoms with E-state index in [-0.39, 0.29) is 5.91 Å². The first-order chi connectivity index (χ1) is 6.33. The molecule has 1 N–H and O–H groups in total. The van der Waals surface area contributed by atoms with Gasteiger partial charge in [0.05, 0.1) is 0 Å². The van der Waals surface area contributed by atoms with E-state index in [0.29, 0.717) is 0 Å². The molecule has 74 valence electrons. The van der Waals surface area contributed by atoms with Gasteiger partial charge in [-0.05, 0) is 45.0 Å². The van der Waals surface area contributed by atoms with Crippen molar-refractivity contribution in [1.29, 1.82) is 0 Å². The molecular weight excluding hydrogens is 164 g/mol. The fourth-order valence-corrected chi connectivity index (χ4v) is 1.59. The average Bonchev–Trinajstić information content (AvgIpc) is 2.64. The highest BCUT2D eigenvalue weighted by Crippen LogP contribution is 2.06. The molecular formula is C10H18N2O. The number of nitrogens with one attached hydrogen (secondary N) is 1. The van der Waals surface area contributed by atoms with Crippen LogP contribution in [0.25, 0.3) is 0 Å². The van der Waals surface area contributed by atoms with Gasteiger partial charge in [0.1, 0.15) is 0 Å². The van der Waals surface area contributed by atoms with Crippen LogP contribution in [0.1, 0.15) is 19.3 Å². The van der Waals surface area contributed by atoms with Crippen LogP contribution in [0, 0.1) is 0 Å². The van der Waals surface area contributed by atoms with Crippen molar-refractivity contribution >= 4 is 5.91 Å². The van der Waals surface area contributed by atoms with Crippen LogP contribution in [0.3, 0.4) is 0 Å². The summed E-state index contributed by atoms with van der Waals surface area (Å²) in [6, 6.07) is 0. The van der Waals surface area contributed by atoms with E-state index in [1.165, 1.54) is 32.0 Å². The smallest absolute Gasteiger partial charge is 0.243 e. The quantitative estimate of drug-likeness (QED) is 0.503. The van der Waals surface area contributed by atoms with Crippen molar-refractivity contribution in [2.24, 2.45) is 0 Å². The van der Waals surface area contributed by atoms with Crippen LogP contribution < -0.4 is 5.32 Å². The molecule has 1 fully saturated rings. The minimum atomic E-state index is -0.0681. The third-order valence-electron chi connectivity index (χ3n) is 2.33. The molecule has 0 radical (unpaired) electrons. The van der Waals surface area contributed by atoms with Gasteiger partial charge in [-0.3, -0.25) is 4.79 Å². The maximum atomic E-state index is 10.8. The lowest BCUT2D eigenvalue weighted by Crippen LogP contribution is -2.27. The number of rotatable bonds is 5. The van der Waals surface area contributed by atoms with Crippen LogP contribution in [0.15, 0.2) is 12.7 Å². The minimum Gasteiger partial charge on any atom is -0.353 e. The average molecular weight is 182 g/mol. The van der Waals surface area contributed by atoms with E-state index in [4.69, 9.17) is 0 Å². The summed E-state index contributed by atoms with van der Waals surface area (Å²) in [6.07, 6.45) is 5.02. The fraction of sp³-hybridized carbons (Fsp3) is 0.700. The van der Waals surface area contributed by atoms with Crippen LogP contribution >= 0.6 is 0 Å². The molecule has 1 saturated heterocycles. The highest BCUT2D eigenvalue weighted by molar-refractivity contribution is 5.86. The lowest BCUT2D eigenvalue weighted by atomic mass is 10.4. The number of hydrogen-bond acceptors (Lipinski definition) is 2. The van der Waals surface area contributed by atoms with Gasteiger partial charge in [0.25, 0.3) is 0 Å². The number of amides is 1. The van der Waals surface area contributed by atoms with Crippen LogP contribution in [0.4, 0.5) is 0 Å². The second-order valence-corrected chi connectivity index (χ2v) is 3.40. The number of carbonyl (C=O) groups is 1. The molecule has 0 aromatic heterocycles. The van der Waals surface area contributed by atoms with E-state index in [9.17, 15) is 4.79 Å². The number of hydrogen-bond donors (Lipinski definition) is 1. The zero-order valence-electron chi connectivity index (χ0n) is 8.09. The van der Waals surface area contributed by atoms with Crippen molar-refractivity contribution in [2.75, 3.05) is 26.2 Å². The summed E-state index contributed by atoms with van der Waals surface area (Å²) >= 11 is 0. The molecule has 1 aliphatic heterocycles. The van der Waals surface area contributed by atoms with E-state index in [1.807, 2.05) is 0 Å². The van der Waals surface area contributed by atoms with Gasteiger partial charge in [-0.25, -0.2) is 0 Å². The summed E-state index contributed by atoms with van der Waals surface area (Å²) in [6.45, 7) is 7.73. The third-order valence-corrected chi connectivity index (χ3v) is 2.33. The van der Waals surface area contributed by atoms with Crippen molar-refractivity contribution in [2.45, 2.75) is 19.3 Å². The van der Waals surface area contributed by atoms with Gasteiger partial charge in [0.15, 0.2) is 0 Å². The molecule has 0 aliphatic carbocycles. The molecule has 0 unspecified atom stereocenters. The molecule has 0 atom stereocenters. The Labute approximate surface area is 79.8 Å². The molecule has 1 aliphatic rings. The van der Waals surface area contributed by atoms with E-state index in [0.717, 1.165) is 19.5 Å². The van der Waals surface area contributed by atoms with Crippen molar-refractivity contribution in [3.05, 3.63) is 12.7 Å². The Balaban J connectivity index is 1.94. The van der Waals surface area contributed by atoms with Gasteiger partial charge in [0.2, 0.25) is 5.91 Å². The van der Waals surface area contributed by atoms with Gasteiger partial charge in [-0.15, -0.1) is 0 Å². The van der Waals surface area contributed by atoms with Crippen molar-refractivity contribution in [3.8, 4) is 0 Å². The lowest BCUT2D eigenvalue weighted by Gasteiger charge is -2.13. The molecule has 0 aromatic carbocycles. The van der Waals surface area contributed by atoms with E-state index in [1.54, 1.807) is 0 Å². The van der Waals surface area contributed by atoms with Crippen LogP contribution in [0.5, 0.6) is 0 Å². The Morgan fingerprint density at radius 1 is 1.46 bits per heavy atom. The van der Waals surface area contributed by atoms with Gasteiger partial charge < -0.3 is 10.2 Å². The van der Waals surface area contributed by atoms with Crippen LogP contribution in [-0.4, -0.2) is 37.0 Å². The monoisotopic (exact) mass is 182 g/mol. The Kier molecular flexibility index (Phi) is 4.54. The molecule has 13 heavy (non-hydrogen) atoms. The maximum absolute atomic E-state index is 10.8. The normalized spacial score (nSPS) is 17.2. The number of nitrogens with zero attached hydrogens (tertiary/aromatic N) is 1. The second-order valence-electron chi connectivity index (χ2n) is 3.40. The Morgan fingerprint density at radius 2 is 2.15 bits per heavy atom. The van der Waals surface area contributed by atoms with Crippen LogP contribution in [0.2, 0.25) is 0 Å². The molecule has 0 spiro atoms. The Morgan fingerprint density at radius 3 is 2.77 bits per heavy atom. The molecule has 0 saturated carbocycles. The summed E-state index contributed by atoms with van der Waals surface area (Å²) in [5, 5.41) is 2.77. The summed E-state index contributed by atoms with van der Waals surface area (Å²) < 4.78 is 0. The van der Waals surface area contributed by atoms with Crippen molar-refractivity contribution < 1.29 is 4.79 Å². The van der Waals surface area contributed by atoms with Crippen molar-refractivity contribution in [1.82, 2.24) is 10.2 Å². The second kappa shape index (κ2) is 5.75.